The van der Waals surface area contributed by atoms with E-state index in [2.05, 4.69) is 40.7 Å². The lowest BCUT2D eigenvalue weighted by molar-refractivity contribution is 0.313. The number of benzene rings is 1. The number of aromatic hydroxyl groups is 1. The number of rotatable bonds is 2. The molecular weight excluding hydrogens is 222 g/mol. The second-order valence-corrected chi connectivity index (χ2v) is 6.48. The Hall–Kier alpha value is -1.02. The van der Waals surface area contributed by atoms with E-state index in [4.69, 9.17) is 5.73 Å². The van der Waals surface area contributed by atoms with Gasteiger partial charge in [-0.15, -0.1) is 0 Å². The number of aryl methyl sites for hydroxylation is 1. The fourth-order valence-corrected chi connectivity index (χ4v) is 3.02. The molecule has 0 saturated heterocycles. The van der Waals surface area contributed by atoms with E-state index < -0.39 is 0 Å². The van der Waals surface area contributed by atoms with Crippen LogP contribution >= 0.6 is 0 Å². The Morgan fingerprint density at radius 1 is 1.50 bits per heavy atom. The van der Waals surface area contributed by atoms with Crippen LogP contribution in [0.4, 0.5) is 0 Å². The molecule has 0 aliphatic heterocycles. The zero-order valence-corrected chi connectivity index (χ0v) is 12.2. The number of phenols is 1. The molecule has 3 N–H and O–H groups in total. The second kappa shape index (κ2) is 4.27. The summed E-state index contributed by atoms with van der Waals surface area (Å²) in [6.45, 7) is 10.8. The number of hydrogen-bond acceptors (Lipinski definition) is 2. The molecule has 18 heavy (non-hydrogen) atoms. The average Bonchev–Trinajstić information content (AvgIpc) is 2.55. The maximum absolute atomic E-state index is 10.6. The third kappa shape index (κ3) is 1.83. The minimum Gasteiger partial charge on any atom is -0.507 e. The van der Waals surface area contributed by atoms with E-state index in [1.54, 1.807) is 0 Å². The van der Waals surface area contributed by atoms with Gasteiger partial charge in [0.25, 0.3) is 0 Å². The molecule has 2 nitrogen and oxygen atoms in total. The van der Waals surface area contributed by atoms with Crippen LogP contribution in [-0.4, -0.2) is 5.11 Å². The molecule has 0 aromatic heterocycles. The van der Waals surface area contributed by atoms with Crippen LogP contribution in [0.1, 0.15) is 68.3 Å². The van der Waals surface area contributed by atoms with Crippen LogP contribution in [0.5, 0.6) is 5.75 Å². The highest BCUT2D eigenvalue weighted by Crippen LogP contribution is 2.50. The van der Waals surface area contributed by atoms with Gasteiger partial charge in [-0.25, -0.2) is 0 Å². The van der Waals surface area contributed by atoms with Gasteiger partial charge in [-0.2, -0.15) is 0 Å². The van der Waals surface area contributed by atoms with Crippen LogP contribution in [-0.2, 0) is 6.42 Å². The smallest absolute Gasteiger partial charge is 0.124 e. The summed E-state index contributed by atoms with van der Waals surface area (Å²) < 4.78 is 0. The molecule has 0 amide bonds. The molecule has 0 saturated carbocycles. The molecule has 2 rings (SSSR count). The van der Waals surface area contributed by atoms with Crippen molar-refractivity contribution in [2.45, 2.75) is 59.4 Å². The van der Waals surface area contributed by atoms with Crippen LogP contribution in [0, 0.1) is 12.3 Å². The van der Waals surface area contributed by atoms with Gasteiger partial charge in [0.2, 0.25) is 0 Å². The van der Waals surface area contributed by atoms with Gasteiger partial charge < -0.3 is 10.8 Å². The lowest BCUT2D eigenvalue weighted by Gasteiger charge is -2.24. The summed E-state index contributed by atoms with van der Waals surface area (Å²) in [6.07, 6.45) is 1.99. The predicted molar refractivity (Wildman–Crippen MR) is 76.0 cm³/mol. The number of hydrogen-bond donors (Lipinski definition) is 2. The lowest BCUT2D eigenvalue weighted by atomic mass is 9.85. The Balaban J connectivity index is 2.63. The minimum absolute atomic E-state index is 0.0403. The van der Waals surface area contributed by atoms with Crippen LogP contribution in [0.25, 0.3) is 0 Å². The summed E-state index contributed by atoms with van der Waals surface area (Å²) in [5.41, 5.74) is 11.0. The van der Waals surface area contributed by atoms with Crippen molar-refractivity contribution in [2.24, 2.45) is 11.1 Å². The van der Waals surface area contributed by atoms with E-state index in [1.807, 2.05) is 0 Å². The maximum Gasteiger partial charge on any atom is 0.124 e. The molecule has 2 atom stereocenters. The molecule has 2 heteroatoms. The fraction of sp³-hybridized carbons (Fsp3) is 0.625. The molecule has 0 heterocycles. The van der Waals surface area contributed by atoms with E-state index in [-0.39, 0.29) is 11.5 Å². The molecule has 1 aromatic rings. The van der Waals surface area contributed by atoms with E-state index in [0.717, 1.165) is 24.0 Å². The van der Waals surface area contributed by atoms with E-state index >= 15 is 0 Å². The third-order valence-electron chi connectivity index (χ3n) is 4.63. The third-order valence-corrected chi connectivity index (χ3v) is 4.63. The highest BCUT2D eigenvalue weighted by atomic mass is 16.3. The average molecular weight is 247 g/mol. The topological polar surface area (TPSA) is 46.2 Å². The predicted octanol–water partition coefficient (Wildman–Crippen LogP) is 3.80. The largest absolute Gasteiger partial charge is 0.507 e. The second-order valence-electron chi connectivity index (χ2n) is 6.48. The molecule has 0 spiro atoms. The normalized spacial score (nSPS) is 22.9. The summed E-state index contributed by atoms with van der Waals surface area (Å²) in [5.74, 6) is 0.827. The first-order chi connectivity index (χ1) is 8.29. The number of phenolic OH excluding ortho intramolecular Hbond substituents is 1. The van der Waals surface area contributed by atoms with Crippen molar-refractivity contribution in [2.75, 3.05) is 0 Å². The van der Waals surface area contributed by atoms with Gasteiger partial charge in [0, 0.05) is 11.6 Å². The SMILES string of the molecule is CC[C@H](C)c1cc(C)c2c(c1O)[C@@H](N)C(C)(C)C2. The first-order valence-corrected chi connectivity index (χ1v) is 6.90. The summed E-state index contributed by atoms with van der Waals surface area (Å²) in [4.78, 5) is 0. The molecule has 0 unspecified atom stereocenters. The van der Waals surface area contributed by atoms with Crippen molar-refractivity contribution in [3.05, 3.63) is 28.3 Å². The van der Waals surface area contributed by atoms with Gasteiger partial charge in [-0.3, -0.25) is 0 Å². The van der Waals surface area contributed by atoms with Crippen molar-refractivity contribution in [1.82, 2.24) is 0 Å². The minimum atomic E-state index is -0.0600. The quantitative estimate of drug-likeness (QED) is 0.835. The lowest BCUT2D eigenvalue weighted by Crippen LogP contribution is -2.24. The van der Waals surface area contributed by atoms with Crippen molar-refractivity contribution in [3.63, 3.8) is 0 Å². The van der Waals surface area contributed by atoms with Gasteiger partial charge in [-0.05, 0) is 47.8 Å². The standard InChI is InChI=1S/C16H25NO/c1-6-9(2)11-7-10(3)12-8-16(4,5)15(17)13(12)14(11)18/h7,9,15,18H,6,8,17H2,1-5H3/t9-,15+/m0/s1. The Morgan fingerprint density at radius 3 is 2.67 bits per heavy atom. The van der Waals surface area contributed by atoms with Gasteiger partial charge >= 0.3 is 0 Å². The zero-order valence-electron chi connectivity index (χ0n) is 12.2. The molecule has 0 fully saturated rings. The van der Waals surface area contributed by atoms with Crippen molar-refractivity contribution in [1.29, 1.82) is 0 Å². The Bertz CT molecular complexity index is 476. The fourth-order valence-electron chi connectivity index (χ4n) is 3.02. The Labute approximate surface area is 110 Å². The van der Waals surface area contributed by atoms with Crippen LogP contribution < -0.4 is 5.73 Å². The molecule has 1 aliphatic carbocycles. The summed E-state index contributed by atoms with van der Waals surface area (Å²) in [7, 11) is 0. The Morgan fingerprint density at radius 2 is 2.11 bits per heavy atom. The first kappa shape index (κ1) is 13.4. The van der Waals surface area contributed by atoms with E-state index in [1.165, 1.54) is 11.1 Å². The van der Waals surface area contributed by atoms with Crippen LogP contribution in [0.2, 0.25) is 0 Å². The van der Waals surface area contributed by atoms with Crippen molar-refractivity contribution in [3.8, 4) is 5.75 Å². The number of fused-ring (bicyclic) bond motifs is 1. The van der Waals surface area contributed by atoms with Gasteiger partial charge in [-0.1, -0.05) is 33.8 Å². The summed E-state index contributed by atoms with van der Waals surface area (Å²) in [6, 6.07) is 2.09. The summed E-state index contributed by atoms with van der Waals surface area (Å²) in [5, 5.41) is 10.6. The molecule has 1 aliphatic rings. The van der Waals surface area contributed by atoms with Crippen molar-refractivity contribution >= 4 is 0 Å². The molecule has 1 aromatic carbocycles. The molecular formula is C16H25NO. The molecule has 0 radical (unpaired) electrons. The number of nitrogens with two attached hydrogens (primary N) is 1. The van der Waals surface area contributed by atoms with Gasteiger partial charge in [0.15, 0.2) is 0 Å². The van der Waals surface area contributed by atoms with Gasteiger partial charge in [0.1, 0.15) is 5.75 Å². The maximum atomic E-state index is 10.6. The van der Waals surface area contributed by atoms with Crippen molar-refractivity contribution < 1.29 is 5.11 Å². The molecule has 0 bridgehead atoms. The Kier molecular flexibility index (Phi) is 3.18. The van der Waals surface area contributed by atoms with Gasteiger partial charge in [0.05, 0.1) is 0 Å². The molecule has 100 valence electrons. The van der Waals surface area contributed by atoms with Crippen LogP contribution in [0.3, 0.4) is 0 Å². The zero-order chi connectivity index (χ0) is 13.7. The highest BCUT2D eigenvalue weighted by molar-refractivity contribution is 5.55. The highest BCUT2D eigenvalue weighted by Gasteiger charge is 2.40. The van der Waals surface area contributed by atoms with E-state index in [0.29, 0.717) is 11.7 Å². The monoisotopic (exact) mass is 247 g/mol. The first-order valence-electron chi connectivity index (χ1n) is 6.90. The van der Waals surface area contributed by atoms with Crippen LogP contribution in [0.15, 0.2) is 6.07 Å². The summed E-state index contributed by atoms with van der Waals surface area (Å²) >= 11 is 0. The van der Waals surface area contributed by atoms with E-state index in [9.17, 15) is 5.11 Å².